The van der Waals surface area contributed by atoms with Crippen molar-refractivity contribution >= 4 is 17.5 Å². The highest BCUT2D eigenvalue weighted by atomic mass is 35.5. The van der Waals surface area contributed by atoms with Crippen LogP contribution in [-0.4, -0.2) is 37.1 Å². The Labute approximate surface area is 147 Å². The molecular formula is C19H21ClN2O2. The average molecular weight is 345 g/mol. The smallest absolute Gasteiger partial charge is 0.251 e. The molecule has 0 atom stereocenters. The van der Waals surface area contributed by atoms with Crippen molar-refractivity contribution in [1.29, 1.82) is 0 Å². The highest BCUT2D eigenvalue weighted by Crippen LogP contribution is 2.11. The molecule has 0 unspecified atom stereocenters. The van der Waals surface area contributed by atoms with E-state index in [1.807, 2.05) is 12.1 Å². The molecule has 2 aromatic rings. The Balaban J connectivity index is 1.56. The summed E-state index contributed by atoms with van der Waals surface area (Å²) in [6.07, 6.45) is 0. The van der Waals surface area contributed by atoms with Gasteiger partial charge in [0, 0.05) is 36.8 Å². The molecule has 126 valence electrons. The summed E-state index contributed by atoms with van der Waals surface area (Å²) in [7, 11) is 0. The van der Waals surface area contributed by atoms with Crippen molar-refractivity contribution in [2.75, 3.05) is 26.3 Å². The van der Waals surface area contributed by atoms with Crippen molar-refractivity contribution in [3.8, 4) is 0 Å². The second-order valence-electron chi connectivity index (χ2n) is 5.90. The maximum Gasteiger partial charge on any atom is 0.251 e. The van der Waals surface area contributed by atoms with Crippen LogP contribution < -0.4 is 5.32 Å². The number of hydrogen-bond acceptors (Lipinski definition) is 3. The van der Waals surface area contributed by atoms with Crippen molar-refractivity contribution < 1.29 is 9.53 Å². The van der Waals surface area contributed by atoms with Crippen molar-refractivity contribution in [2.24, 2.45) is 0 Å². The molecule has 24 heavy (non-hydrogen) atoms. The van der Waals surface area contributed by atoms with Crippen LogP contribution in [-0.2, 0) is 17.8 Å². The molecule has 0 bridgehead atoms. The van der Waals surface area contributed by atoms with Crippen LogP contribution in [0.25, 0.3) is 0 Å². The van der Waals surface area contributed by atoms with E-state index >= 15 is 0 Å². The molecule has 1 heterocycles. The molecule has 0 aromatic heterocycles. The third-order valence-electron chi connectivity index (χ3n) is 4.06. The van der Waals surface area contributed by atoms with E-state index in [1.165, 1.54) is 5.56 Å². The normalized spacial score (nSPS) is 15.2. The SMILES string of the molecule is O=C(NCc1cccc(CN2CCOCC2)c1)c1ccc(Cl)cc1. The van der Waals surface area contributed by atoms with Crippen molar-refractivity contribution in [1.82, 2.24) is 10.2 Å². The first kappa shape index (κ1) is 17.0. The van der Waals surface area contributed by atoms with Gasteiger partial charge in [0.05, 0.1) is 13.2 Å². The number of ether oxygens (including phenoxy) is 1. The average Bonchev–Trinajstić information content (AvgIpc) is 2.61. The minimum absolute atomic E-state index is 0.0924. The van der Waals surface area contributed by atoms with E-state index in [4.69, 9.17) is 16.3 Å². The second kappa shape index (κ2) is 8.29. The van der Waals surface area contributed by atoms with Gasteiger partial charge in [0.25, 0.3) is 5.91 Å². The molecule has 1 N–H and O–H groups in total. The lowest BCUT2D eigenvalue weighted by molar-refractivity contribution is 0.0342. The van der Waals surface area contributed by atoms with E-state index in [0.717, 1.165) is 38.4 Å². The van der Waals surface area contributed by atoms with E-state index in [2.05, 4.69) is 22.3 Å². The number of nitrogens with one attached hydrogen (secondary N) is 1. The Hall–Kier alpha value is -1.88. The third-order valence-corrected chi connectivity index (χ3v) is 4.31. The largest absolute Gasteiger partial charge is 0.379 e. The zero-order valence-corrected chi connectivity index (χ0v) is 14.3. The summed E-state index contributed by atoms with van der Waals surface area (Å²) in [4.78, 5) is 14.5. The molecule has 2 aromatic carbocycles. The summed E-state index contributed by atoms with van der Waals surface area (Å²) in [6.45, 7) is 4.98. The molecule has 1 aliphatic heterocycles. The lowest BCUT2D eigenvalue weighted by Crippen LogP contribution is -2.35. The van der Waals surface area contributed by atoms with Crippen molar-refractivity contribution in [3.63, 3.8) is 0 Å². The first-order chi connectivity index (χ1) is 11.7. The van der Waals surface area contributed by atoms with Crippen LogP contribution in [0.15, 0.2) is 48.5 Å². The lowest BCUT2D eigenvalue weighted by Gasteiger charge is -2.26. The number of morpholine rings is 1. The van der Waals surface area contributed by atoms with E-state index in [0.29, 0.717) is 17.1 Å². The van der Waals surface area contributed by atoms with Gasteiger partial charge in [0.1, 0.15) is 0 Å². The summed E-state index contributed by atoms with van der Waals surface area (Å²) in [6, 6.07) is 15.2. The van der Waals surface area contributed by atoms with Crippen LogP contribution in [0.2, 0.25) is 5.02 Å². The number of benzene rings is 2. The summed E-state index contributed by atoms with van der Waals surface area (Å²) < 4.78 is 5.38. The topological polar surface area (TPSA) is 41.6 Å². The maximum absolute atomic E-state index is 12.2. The molecule has 5 heteroatoms. The molecule has 4 nitrogen and oxygen atoms in total. The number of halogens is 1. The van der Waals surface area contributed by atoms with Crippen LogP contribution in [0, 0.1) is 0 Å². The van der Waals surface area contributed by atoms with E-state index < -0.39 is 0 Å². The predicted octanol–water partition coefficient (Wildman–Crippen LogP) is 3.10. The fourth-order valence-electron chi connectivity index (χ4n) is 2.74. The Morgan fingerprint density at radius 1 is 1.08 bits per heavy atom. The number of carbonyl (C=O) groups is 1. The molecule has 1 saturated heterocycles. The van der Waals surface area contributed by atoms with E-state index in [1.54, 1.807) is 24.3 Å². The number of amides is 1. The molecule has 1 fully saturated rings. The van der Waals surface area contributed by atoms with Gasteiger partial charge in [-0.25, -0.2) is 0 Å². The Kier molecular flexibility index (Phi) is 5.86. The standard InChI is InChI=1S/C19H21ClN2O2/c20-18-6-4-17(5-7-18)19(23)21-13-15-2-1-3-16(12-15)14-22-8-10-24-11-9-22/h1-7,12H,8-11,13-14H2,(H,21,23). The first-order valence-corrected chi connectivity index (χ1v) is 8.50. The van der Waals surface area contributed by atoms with Gasteiger partial charge in [-0.3, -0.25) is 9.69 Å². The van der Waals surface area contributed by atoms with Crippen LogP contribution in [0.1, 0.15) is 21.5 Å². The van der Waals surface area contributed by atoms with Gasteiger partial charge in [0.2, 0.25) is 0 Å². The molecule has 0 radical (unpaired) electrons. The number of carbonyl (C=O) groups excluding carboxylic acids is 1. The minimum Gasteiger partial charge on any atom is -0.379 e. The molecule has 1 amide bonds. The lowest BCUT2D eigenvalue weighted by atomic mass is 10.1. The Morgan fingerprint density at radius 2 is 1.79 bits per heavy atom. The van der Waals surface area contributed by atoms with Crippen LogP contribution in [0.4, 0.5) is 0 Å². The number of hydrogen-bond donors (Lipinski definition) is 1. The van der Waals surface area contributed by atoms with Crippen LogP contribution in [0.5, 0.6) is 0 Å². The summed E-state index contributed by atoms with van der Waals surface area (Å²) in [5.74, 6) is -0.0924. The van der Waals surface area contributed by atoms with Gasteiger partial charge in [-0.2, -0.15) is 0 Å². The third kappa shape index (κ3) is 4.81. The van der Waals surface area contributed by atoms with Crippen molar-refractivity contribution in [2.45, 2.75) is 13.1 Å². The van der Waals surface area contributed by atoms with Gasteiger partial charge >= 0.3 is 0 Å². The fraction of sp³-hybridized carbons (Fsp3) is 0.316. The predicted molar refractivity (Wildman–Crippen MR) is 95.2 cm³/mol. The van der Waals surface area contributed by atoms with Gasteiger partial charge in [-0.15, -0.1) is 0 Å². The molecule has 0 aliphatic carbocycles. The second-order valence-corrected chi connectivity index (χ2v) is 6.33. The first-order valence-electron chi connectivity index (χ1n) is 8.12. The summed E-state index contributed by atoms with van der Waals surface area (Å²) >= 11 is 5.84. The van der Waals surface area contributed by atoms with Crippen molar-refractivity contribution in [3.05, 3.63) is 70.2 Å². The van der Waals surface area contributed by atoms with Gasteiger partial charge < -0.3 is 10.1 Å². The van der Waals surface area contributed by atoms with E-state index in [9.17, 15) is 4.79 Å². The number of rotatable bonds is 5. The number of nitrogens with zero attached hydrogens (tertiary/aromatic N) is 1. The molecular weight excluding hydrogens is 324 g/mol. The summed E-state index contributed by atoms with van der Waals surface area (Å²) in [5.41, 5.74) is 2.97. The molecule has 3 rings (SSSR count). The van der Waals surface area contributed by atoms with E-state index in [-0.39, 0.29) is 5.91 Å². The van der Waals surface area contributed by atoms with Crippen LogP contribution >= 0.6 is 11.6 Å². The van der Waals surface area contributed by atoms with Gasteiger partial charge in [-0.05, 0) is 35.4 Å². The van der Waals surface area contributed by atoms with Gasteiger partial charge in [-0.1, -0.05) is 35.9 Å². The zero-order valence-electron chi connectivity index (χ0n) is 13.5. The minimum atomic E-state index is -0.0924. The summed E-state index contributed by atoms with van der Waals surface area (Å²) in [5, 5.41) is 3.58. The van der Waals surface area contributed by atoms with Gasteiger partial charge in [0.15, 0.2) is 0 Å². The molecule has 0 spiro atoms. The zero-order chi connectivity index (χ0) is 16.8. The maximum atomic E-state index is 12.2. The monoisotopic (exact) mass is 344 g/mol. The Bertz CT molecular complexity index is 682. The highest BCUT2D eigenvalue weighted by molar-refractivity contribution is 6.30. The Morgan fingerprint density at radius 3 is 2.54 bits per heavy atom. The molecule has 0 saturated carbocycles. The fourth-order valence-corrected chi connectivity index (χ4v) is 2.87. The quantitative estimate of drug-likeness (QED) is 0.906. The highest BCUT2D eigenvalue weighted by Gasteiger charge is 2.11. The van der Waals surface area contributed by atoms with Crippen LogP contribution in [0.3, 0.4) is 0 Å². The molecule has 1 aliphatic rings.